The summed E-state index contributed by atoms with van der Waals surface area (Å²) in [5.41, 5.74) is 1.13. The van der Waals surface area contributed by atoms with Crippen LogP contribution in [-0.4, -0.2) is 21.0 Å². The Bertz CT molecular complexity index is 1010. The second kappa shape index (κ2) is 7.83. The van der Waals surface area contributed by atoms with Crippen molar-refractivity contribution in [2.45, 2.75) is 6.92 Å². The smallest absolute Gasteiger partial charge is 0.247 e. The quantitative estimate of drug-likeness (QED) is 0.544. The number of carbonyl (C=O) groups is 1. The van der Waals surface area contributed by atoms with Crippen molar-refractivity contribution < 1.29 is 13.7 Å². The molecular formula is C17H14ClFN6O2. The molecule has 0 aliphatic carbocycles. The van der Waals surface area contributed by atoms with Crippen LogP contribution in [0.25, 0.3) is 0 Å². The number of aryl methyl sites for hydroxylation is 1. The van der Waals surface area contributed by atoms with Crippen LogP contribution in [-0.2, 0) is 4.79 Å². The average Bonchev–Trinajstić information content (AvgIpc) is 3.05. The zero-order chi connectivity index (χ0) is 19.4. The molecule has 2 aromatic heterocycles. The number of halogens is 2. The Kier molecular flexibility index (Phi) is 5.32. The molecule has 3 aromatic rings. The van der Waals surface area contributed by atoms with Crippen LogP contribution < -0.4 is 16.0 Å². The van der Waals surface area contributed by atoms with Crippen LogP contribution in [0.4, 0.5) is 33.4 Å². The SMILES string of the molecule is C=CC(=O)Nc1ccc(F)c(Nc2nc(Nc3cc(C)no3)ncc2Cl)c1. The molecule has 3 rings (SSSR count). The van der Waals surface area contributed by atoms with Crippen LogP contribution in [0.15, 0.2) is 47.6 Å². The first-order valence-corrected chi connectivity index (χ1v) is 8.05. The predicted molar refractivity (Wildman–Crippen MR) is 100 cm³/mol. The second-order valence-electron chi connectivity index (χ2n) is 5.36. The molecule has 2 heterocycles. The molecule has 1 aromatic carbocycles. The van der Waals surface area contributed by atoms with Gasteiger partial charge in [-0.3, -0.25) is 10.1 Å². The lowest BCUT2D eigenvalue weighted by molar-refractivity contribution is -0.111. The van der Waals surface area contributed by atoms with Crippen LogP contribution in [0.1, 0.15) is 5.69 Å². The van der Waals surface area contributed by atoms with Gasteiger partial charge in [-0.05, 0) is 31.2 Å². The number of benzene rings is 1. The van der Waals surface area contributed by atoms with Crippen molar-refractivity contribution in [3.05, 3.63) is 59.7 Å². The number of carbonyl (C=O) groups excluding carboxylic acids is 1. The third kappa shape index (κ3) is 4.59. The summed E-state index contributed by atoms with van der Waals surface area (Å²) in [6, 6.07) is 5.69. The van der Waals surface area contributed by atoms with Crippen LogP contribution in [0, 0.1) is 12.7 Å². The molecule has 0 unspecified atom stereocenters. The van der Waals surface area contributed by atoms with Gasteiger partial charge >= 0.3 is 0 Å². The Morgan fingerprint density at radius 1 is 1.33 bits per heavy atom. The minimum absolute atomic E-state index is 0.0684. The minimum Gasteiger partial charge on any atom is -0.338 e. The Balaban J connectivity index is 1.84. The molecule has 3 N–H and O–H groups in total. The lowest BCUT2D eigenvalue weighted by Gasteiger charge is -2.11. The summed E-state index contributed by atoms with van der Waals surface area (Å²) in [6.07, 6.45) is 2.46. The largest absolute Gasteiger partial charge is 0.338 e. The van der Waals surface area contributed by atoms with Crippen LogP contribution >= 0.6 is 11.6 Å². The van der Waals surface area contributed by atoms with Gasteiger partial charge in [-0.15, -0.1) is 0 Å². The van der Waals surface area contributed by atoms with Gasteiger partial charge in [-0.1, -0.05) is 23.3 Å². The van der Waals surface area contributed by atoms with E-state index in [1.165, 1.54) is 24.4 Å². The van der Waals surface area contributed by atoms with E-state index in [2.05, 4.69) is 37.7 Å². The van der Waals surface area contributed by atoms with Crippen molar-refractivity contribution in [2.75, 3.05) is 16.0 Å². The third-order valence-electron chi connectivity index (χ3n) is 3.28. The first kappa shape index (κ1) is 18.3. The van der Waals surface area contributed by atoms with E-state index < -0.39 is 11.7 Å². The van der Waals surface area contributed by atoms with E-state index in [1.54, 1.807) is 13.0 Å². The number of hydrogen-bond donors (Lipinski definition) is 3. The number of hydrogen-bond acceptors (Lipinski definition) is 7. The van der Waals surface area contributed by atoms with E-state index in [4.69, 9.17) is 16.1 Å². The molecule has 0 aliphatic heterocycles. The Morgan fingerprint density at radius 2 is 2.15 bits per heavy atom. The maximum Gasteiger partial charge on any atom is 0.247 e. The molecule has 0 aliphatic rings. The molecule has 0 fully saturated rings. The molecule has 0 bridgehead atoms. The van der Waals surface area contributed by atoms with Gasteiger partial charge in [0.2, 0.25) is 17.7 Å². The fourth-order valence-electron chi connectivity index (χ4n) is 2.07. The first-order valence-electron chi connectivity index (χ1n) is 7.67. The monoisotopic (exact) mass is 388 g/mol. The highest BCUT2D eigenvalue weighted by Gasteiger charge is 2.11. The molecule has 1 amide bonds. The van der Waals surface area contributed by atoms with E-state index in [9.17, 15) is 9.18 Å². The van der Waals surface area contributed by atoms with E-state index in [1.807, 2.05) is 0 Å². The van der Waals surface area contributed by atoms with Crippen LogP contribution in [0.2, 0.25) is 5.02 Å². The Hall–Kier alpha value is -3.46. The molecule has 0 atom stereocenters. The highest BCUT2D eigenvalue weighted by atomic mass is 35.5. The van der Waals surface area contributed by atoms with E-state index >= 15 is 0 Å². The number of aromatic nitrogens is 3. The number of anilines is 5. The summed E-state index contributed by atoms with van der Waals surface area (Å²) < 4.78 is 19.2. The fourth-order valence-corrected chi connectivity index (χ4v) is 2.21. The molecule has 10 heteroatoms. The minimum atomic E-state index is -0.554. The van der Waals surface area contributed by atoms with Gasteiger partial charge in [0, 0.05) is 11.8 Å². The van der Waals surface area contributed by atoms with Crippen molar-refractivity contribution in [1.82, 2.24) is 15.1 Å². The maximum atomic E-state index is 14.1. The van der Waals surface area contributed by atoms with Gasteiger partial charge in [-0.25, -0.2) is 9.37 Å². The summed E-state index contributed by atoms with van der Waals surface area (Å²) in [7, 11) is 0. The van der Waals surface area contributed by atoms with Gasteiger partial charge < -0.3 is 15.2 Å². The van der Waals surface area contributed by atoms with Gasteiger partial charge in [0.15, 0.2) is 5.82 Å². The molecule has 138 valence electrons. The van der Waals surface area contributed by atoms with E-state index in [0.29, 0.717) is 17.3 Å². The second-order valence-corrected chi connectivity index (χ2v) is 5.77. The maximum absolute atomic E-state index is 14.1. The van der Waals surface area contributed by atoms with Crippen molar-refractivity contribution in [2.24, 2.45) is 0 Å². The number of nitrogens with one attached hydrogen (secondary N) is 3. The summed E-state index contributed by atoms with van der Waals surface area (Å²) in [4.78, 5) is 19.6. The number of rotatable bonds is 6. The molecular weight excluding hydrogens is 375 g/mol. The van der Waals surface area contributed by atoms with E-state index in [-0.39, 0.29) is 22.5 Å². The standard InChI is InChI=1S/C17H14ClFN6O2/c1-3-14(26)21-10-4-5-12(19)13(7-10)22-16-11(18)8-20-17(24-16)23-15-6-9(2)25-27-15/h3-8H,1H2,2H3,(H,21,26)(H2,20,22,23,24). The van der Waals surface area contributed by atoms with Crippen molar-refractivity contribution in [3.8, 4) is 0 Å². The molecule has 8 nitrogen and oxygen atoms in total. The molecule has 0 saturated carbocycles. The summed E-state index contributed by atoms with van der Waals surface area (Å²) in [5.74, 6) is -0.282. The van der Waals surface area contributed by atoms with Gasteiger partial charge in [-0.2, -0.15) is 4.98 Å². The van der Waals surface area contributed by atoms with Crippen molar-refractivity contribution in [1.29, 1.82) is 0 Å². The highest BCUT2D eigenvalue weighted by molar-refractivity contribution is 6.32. The molecule has 27 heavy (non-hydrogen) atoms. The topological polar surface area (TPSA) is 105 Å². The number of nitrogens with zero attached hydrogens (tertiary/aromatic N) is 3. The summed E-state index contributed by atoms with van der Waals surface area (Å²) in [6.45, 7) is 5.14. The zero-order valence-corrected chi connectivity index (χ0v) is 14.8. The average molecular weight is 389 g/mol. The van der Waals surface area contributed by atoms with E-state index in [0.717, 1.165) is 6.08 Å². The van der Waals surface area contributed by atoms with Crippen molar-refractivity contribution >= 4 is 46.5 Å². The number of amides is 1. The first-order chi connectivity index (χ1) is 12.9. The summed E-state index contributed by atoms with van der Waals surface area (Å²) >= 11 is 6.10. The third-order valence-corrected chi connectivity index (χ3v) is 3.56. The Labute approximate surface area is 158 Å². The van der Waals surface area contributed by atoms with Gasteiger partial charge in [0.1, 0.15) is 10.8 Å². The summed E-state index contributed by atoms with van der Waals surface area (Å²) in [5, 5.41) is 12.1. The Morgan fingerprint density at radius 3 is 2.85 bits per heavy atom. The molecule has 0 saturated heterocycles. The van der Waals surface area contributed by atoms with Crippen LogP contribution in [0.5, 0.6) is 0 Å². The predicted octanol–water partition coefficient (Wildman–Crippen LogP) is 4.18. The highest BCUT2D eigenvalue weighted by Crippen LogP contribution is 2.28. The normalized spacial score (nSPS) is 10.3. The van der Waals surface area contributed by atoms with Crippen LogP contribution in [0.3, 0.4) is 0 Å². The van der Waals surface area contributed by atoms with Crippen molar-refractivity contribution in [3.63, 3.8) is 0 Å². The zero-order valence-electron chi connectivity index (χ0n) is 14.1. The molecule has 0 spiro atoms. The lowest BCUT2D eigenvalue weighted by atomic mass is 10.2. The fraction of sp³-hybridized carbons (Fsp3) is 0.0588. The van der Waals surface area contributed by atoms with Gasteiger partial charge in [0.25, 0.3) is 0 Å². The molecule has 0 radical (unpaired) electrons. The van der Waals surface area contributed by atoms with Gasteiger partial charge in [0.05, 0.1) is 17.6 Å². The lowest BCUT2D eigenvalue weighted by Crippen LogP contribution is -2.08.